The zero-order valence-corrected chi connectivity index (χ0v) is 10.5. The maximum Gasteiger partial charge on any atom is 0.328 e. The summed E-state index contributed by atoms with van der Waals surface area (Å²) in [6.07, 6.45) is 8.01. The van der Waals surface area contributed by atoms with Gasteiger partial charge in [0.2, 0.25) is 0 Å². The molecule has 0 bridgehead atoms. The summed E-state index contributed by atoms with van der Waals surface area (Å²) in [4.78, 5) is 10.4. The second-order valence-electron chi connectivity index (χ2n) is 4.30. The number of aryl methyl sites for hydroxylation is 1. The highest BCUT2D eigenvalue weighted by molar-refractivity contribution is 5.85. The molecule has 1 aromatic rings. The van der Waals surface area contributed by atoms with E-state index in [1.165, 1.54) is 5.56 Å². The molecule has 0 aromatic heterocycles. The molecule has 0 aliphatic rings. The van der Waals surface area contributed by atoms with Crippen molar-refractivity contribution in [3.63, 3.8) is 0 Å². The average Bonchev–Trinajstić information content (AvgIpc) is 2.37. The standard InChI is InChI=1S/C15H20O3/c16-12-4-2-1-3-5-13-6-8-14(9-7-13)10-11-15(17)18/h6-11,16H,1-5,12H2,(H,17,18)/b11-10+. The van der Waals surface area contributed by atoms with Crippen LogP contribution in [0.5, 0.6) is 0 Å². The zero-order valence-electron chi connectivity index (χ0n) is 10.5. The lowest BCUT2D eigenvalue weighted by Crippen LogP contribution is -1.88. The van der Waals surface area contributed by atoms with Gasteiger partial charge in [-0.25, -0.2) is 4.79 Å². The molecule has 0 heterocycles. The molecule has 1 aromatic carbocycles. The molecular weight excluding hydrogens is 228 g/mol. The Balaban J connectivity index is 2.34. The van der Waals surface area contributed by atoms with Crippen molar-refractivity contribution in [1.82, 2.24) is 0 Å². The minimum absolute atomic E-state index is 0.282. The van der Waals surface area contributed by atoms with Crippen molar-refractivity contribution in [3.05, 3.63) is 41.5 Å². The Labute approximate surface area is 108 Å². The number of aliphatic hydroxyl groups excluding tert-OH is 1. The monoisotopic (exact) mass is 248 g/mol. The van der Waals surface area contributed by atoms with Crippen molar-refractivity contribution in [2.45, 2.75) is 32.1 Å². The number of hydrogen-bond donors (Lipinski definition) is 2. The molecule has 0 unspecified atom stereocenters. The second-order valence-corrected chi connectivity index (χ2v) is 4.30. The Morgan fingerprint density at radius 3 is 2.33 bits per heavy atom. The summed E-state index contributed by atoms with van der Waals surface area (Å²) in [6, 6.07) is 7.94. The maximum atomic E-state index is 10.4. The normalized spacial score (nSPS) is 10.9. The number of benzene rings is 1. The molecule has 0 aliphatic heterocycles. The lowest BCUT2D eigenvalue weighted by molar-refractivity contribution is -0.131. The minimum atomic E-state index is -0.928. The summed E-state index contributed by atoms with van der Waals surface area (Å²) < 4.78 is 0. The highest BCUT2D eigenvalue weighted by Crippen LogP contribution is 2.10. The van der Waals surface area contributed by atoms with Gasteiger partial charge in [0, 0.05) is 12.7 Å². The molecule has 0 amide bonds. The van der Waals surface area contributed by atoms with E-state index in [0.29, 0.717) is 0 Å². The van der Waals surface area contributed by atoms with Crippen molar-refractivity contribution >= 4 is 12.0 Å². The first-order valence-corrected chi connectivity index (χ1v) is 6.33. The van der Waals surface area contributed by atoms with E-state index in [0.717, 1.165) is 43.7 Å². The molecule has 1 rings (SSSR count). The van der Waals surface area contributed by atoms with Gasteiger partial charge < -0.3 is 10.2 Å². The van der Waals surface area contributed by atoms with Gasteiger partial charge in [-0.05, 0) is 36.5 Å². The van der Waals surface area contributed by atoms with Crippen molar-refractivity contribution in [2.24, 2.45) is 0 Å². The van der Waals surface area contributed by atoms with Gasteiger partial charge in [-0.1, -0.05) is 37.1 Å². The average molecular weight is 248 g/mol. The van der Waals surface area contributed by atoms with Gasteiger partial charge in [0.05, 0.1) is 0 Å². The van der Waals surface area contributed by atoms with Crippen LogP contribution in [0.2, 0.25) is 0 Å². The van der Waals surface area contributed by atoms with Gasteiger partial charge in [-0.2, -0.15) is 0 Å². The van der Waals surface area contributed by atoms with E-state index in [1.54, 1.807) is 6.08 Å². The van der Waals surface area contributed by atoms with Crippen molar-refractivity contribution in [1.29, 1.82) is 0 Å². The quantitative estimate of drug-likeness (QED) is 0.549. The molecule has 18 heavy (non-hydrogen) atoms. The third-order valence-electron chi connectivity index (χ3n) is 2.77. The number of aliphatic hydroxyl groups is 1. The maximum absolute atomic E-state index is 10.4. The molecule has 0 atom stereocenters. The smallest absolute Gasteiger partial charge is 0.328 e. The molecule has 3 nitrogen and oxygen atoms in total. The number of rotatable bonds is 8. The van der Waals surface area contributed by atoms with Crippen LogP contribution in [-0.4, -0.2) is 22.8 Å². The predicted molar refractivity (Wildman–Crippen MR) is 72.4 cm³/mol. The molecule has 0 aliphatic carbocycles. The largest absolute Gasteiger partial charge is 0.478 e. The molecule has 0 saturated heterocycles. The fourth-order valence-corrected chi connectivity index (χ4v) is 1.76. The summed E-state index contributed by atoms with van der Waals surface area (Å²) in [5, 5.41) is 17.2. The Morgan fingerprint density at radius 2 is 1.72 bits per heavy atom. The van der Waals surface area contributed by atoms with Gasteiger partial charge in [0.15, 0.2) is 0 Å². The van der Waals surface area contributed by atoms with E-state index in [1.807, 2.05) is 24.3 Å². The van der Waals surface area contributed by atoms with Crippen LogP contribution in [0.3, 0.4) is 0 Å². The first kappa shape index (κ1) is 14.5. The lowest BCUT2D eigenvalue weighted by atomic mass is 10.0. The first-order chi connectivity index (χ1) is 8.72. The van der Waals surface area contributed by atoms with Crippen molar-refractivity contribution in [3.8, 4) is 0 Å². The SMILES string of the molecule is O=C(O)/C=C/c1ccc(CCCCCCO)cc1. The van der Waals surface area contributed by atoms with E-state index < -0.39 is 5.97 Å². The molecular formula is C15H20O3. The number of aliphatic carboxylic acids is 1. The fourth-order valence-electron chi connectivity index (χ4n) is 1.76. The number of hydrogen-bond acceptors (Lipinski definition) is 2. The van der Waals surface area contributed by atoms with E-state index in [-0.39, 0.29) is 6.61 Å². The third kappa shape index (κ3) is 6.21. The number of unbranched alkanes of at least 4 members (excludes halogenated alkanes) is 3. The molecule has 0 radical (unpaired) electrons. The van der Waals surface area contributed by atoms with Crippen molar-refractivity contribution < 1.29 is 15.0 Å². The van der Waals surface area contributed by atoms with Crippen LogP contribution in [0.25, 0.3) is 6.08 Å². The van der Waals surface area contributed by atoms with Gasteiger partial charge in [0.25, 0.3) is 0 Å². The Hall–Kier alpha value is -1.61. The molecule has 0 spiro atoms. The molecule has 0 saturated carbocycles. The first-order valence-electron chi connectivity index (χ1n) is 6.33. The van der Waals surface area contributed by atoms with Crippen LogP contribution in [0.4, 0.5) is 0 Å². The summed E-state index contributed by atoms with van der Waals surface area (Å²) in [7, 11) is 0. The van der Waals surface area contributed by atoms with Gasteiger partial charge in [-0.3, -0.25) is 0 Å². The highest BCUT2D eigenvalue weighted by Gasteiger charge is 1.95. The van der Waals surface area contributed by atoms with E-state index in [2.05, 4.69) is 0 Å². The van der Waals surface area contributed by atoms with E-state index in [9.17, 15) is 4.79 Å². The Kier molecular flexibility index (Phi) is 6.81. The summed E-state index contributed by atoms with van der Waals surface area (Å²) >= 11 is 0. The van der Waals surface area contributed by atoms with Gasteiger partial charge >= 0.3 is 5.97 Å². The molecule has 98 valence electrons. The lowest BCUT2D eigenvalue weighted by Gasteiger charge is -2.02. The predicted octanol–water partition coefficient (Wildman–Crippen LogP) is 2.88. The Morgan fingerprint density at radius 1 is 1.06 bits per heavy atom. The summed E-state index contributed by atoms with van der Waals surface area (Å²) in [6.45, 7) is 0.282. The second kappa shape index (κ2) is 8.48. The van der Waals surface area contributed by atoms with Gasteiger partial charge in [0.1, 0.15) is 0 Å². The van der Waals surface area contributed by atoms with Gasteiger partial charge in [-0.15, -0.1) is 0 Å². The number of carboxylic acid groups (broad SMARTS) is 1. The van der Waals surface area contributed by atoms with Crippen LogP contribution < -0.4 is 0 Å². The third-order valence-corrected chi connectivity index (χ3v) is 2.77. The molecule has 0 fully saturated rings. The van der Waals surface area contributed by atoms with Crippen LogP contribution in [0.15, 0.2) is 30.3 Å². The van der Waals surface area contributed by atoms with Crippen LogP contribution >= 0.6 is 0 Å². The highest BCUT2D eigenvalue weighted by atomic mass is 16.4. The fraction of sp³-hybridized carbons (Fsp3) is 0.400. The van der Waals surface area contributed by atoms with E-state index >= 15 is 0 Å². The summed E-state index contributed by atoms with van der Waals surface area (Å²) in [5.74, 6) is -0.928. The minimum Gasteiger partial charge on any atom is -0.478 e. The number of carboxylic acids is 1. The molecule has 3 heteroatoms. The van der Waals surface area contributed by atoms with Crippen LogP contribution in [-0.2, 0) is 11.2 Å². The topological polar surface area (TPSA) is 57.5 Å². The van der Waals surface area contributed by atoms with Crippen LogP contribution in [0, 0.1) is 0 Å². The summed E-state index contributed by atoms with van der Waals surface area (Å²) in [5.41, 5.74) is 2.17. The van der Waals surface area contributed by atoms with Crippen LogP contribution in [0.1, 0.15) is 36.8 Å². The zero-order chi connectivity index (χ0) is 13.2. The Bertz CT molecular complexity index is 379. The van der Waals surface area contributed by atoms with Crippen molar-refractivity contribution in [2.75, 3.05) is 6.61 Å². The van der Waals surface area contributed by atoms with E-state index in [4.69, 9.17) is 10.2 Å². The number of carbonyl (C=O) groups is 1. The molecule has 2 N–H and O–H groups in total.